The third kappa shape index (κ3) is 1.77. The summed E-state index contributed by atoms with van der Waals surface area (Å²) in [6, 6.07) is 2.33. The molecule has 3 heteroatoms. The lowest BCUT2D eigenvalue weighted by Gasteiger charge is -2.24. The number of carbonyl (C=O) groups excluding carboxylic acids is 1. The van der Waals surface area contributed by atoms with E-state index in [0.29, 0.717) is 17.4 Å². The molecule has 0 spiro atoms. The summed E-state index contributed by atoms with van der Waals surface area (Å²) >= 11 is 0. The van der Waals surface area contributed by atoms with Crippen molar-refractivity contribution < 1.29 is 9.53 Å². The number of nitrogens with zero attached hydrogens (tertiary/aromatic N) is 1. The van der Waals surface area contributed by atoms with E-state index in [4.69, 9.17) is 10.00 Å². The molecule has 2 saturated carbocycles. The van der Waals surface area contributed by atoms with Gasteiger partial charge >= 0.3 is 5.97 Å². The minimum atomic E-state index is -0.291. The fourth-order valence-corrected chi connectivity index (χ4v) is 2.76. The van der Waals surface area contributed by atoms with E-state index in [1.165, 1.54) is 0 Å². The van der Waals surface area contributed by atoms with Gasteiger partial charge in [-0.15, -0.1) is 0 Å². The summed E-state index contributed by atoms with van der Waals surface area (Å²) in [6.07, 6.45) is 2.84. The predicted molar refractivity (Wildman–Crippen MR) is 54.6 cm³/mol. The van der Waals surface area contributed by atoms with Gasteiger partial charge in [0.1, 0.15) is 6.10 Å². The molecule has 0 aromatic heterocycles. The van der Waals surface area contributed by atoms with Crippen LogP contribution in [0.2, 0.25) is 0 Å². The van der Waals surface area contributed by atoms with Crippen LogP contribution in [0.25, 0.3) is 0 Å². The minimum Gasteiger partial charge on any atom is -0.459 e. The standard InChI is InChI=1S/C12H15NO2/c1-7(2)12(14)15-11-5-8-3-9(11)4-10(8)6-13/h8-11H,1,3-5H2,2H3. The Morgan fingerprint density at radius 3 is 2.60 bits per heavy atom. The Balaban J connectivity index is 1.93. The Morgan fingerprint density at radius 1 is 1.40 bits per heavy atom. The normalized spacial score (nSPS) is 37.3. The summed E-state index contributed by atoms with van der Waals surface area (Å²) < 4.78 is 5.35. The average Bonchev–Trinajstić information content (AvgIpc) is 2.75. The lowest BCUT2D eigenvalue weighted by Crippen LogP contribution is -2.27. The van der Waals surface area contributed by atoms with Crippen LogP contribution in [-0.2, 0) is 9.53 Å². The van der Waals surface area contributed by atoms with E-state index in [1.54, 1.807) is 6.92 Å². The molecule has 0 N–H and O–H groups in total. The van der Waals surface area contributed by atoms with Gasteiger partial charge in [-0.25, -0.2) is 4.79 Å². The second-order valence-corrected chi connectivity index (χ2v) is 4.69. The molecular formula is C12H15NO2. The molecule has 0 aromatic carbocycles. The summed E-state index contributed by atoms with van der Waals surface area (Å²) in [5, 5.41) is 8.87. The van der Waals surface area contributed by atoms with Crippen molar-refractivity contribution in [1.29, 1.82) is 5.26 Å². The van der Waals surface area contributed by atoms with Crippen LogP contribution < -0.4 is 0 Å². The Morgan fingerprint density at radius 2 is 2.13 bits per heavy atom. The summed E-state index contributed by atoms with van der Waals surface area (Å²) in [7, 11) is 0. The SMILES string of the molecule is C=C(C)C(=O)OC1CC2CC1CC2C#N. The molecular weight excluding hydrogens is 190 g/mol. The van der Waals surface area contributed by atoms with Crippen LogP contribution in [0, 0.1) is 29.1 Å². The fourth-order valence-electron chi connectivity index (χ4n) is 2.76. The summed E-state index contributed by atoms with van der Waals surface area (Å²) in [5.74, 6) is 0.752. The maximum Gasteiger partial charge on any atom is 0.333 e. The molecule has 2 bridgehead atoms. The van der Waals surface area contributed by atoms with Crippen LogP contribution in [-0.4, -0.2) is 12.1 Å². The number of nitriles is 1. The highest BCUT2D eigenvalue weighted by Gasteiger charge is 2.47. The zero-order valence-corrected chi connectivity index (χ0v) is 8.90. The summed E-state index contributed by atoms with van der Waals surface area (Å²) in [6.45, 7) is 5.22. The van der Waals surface area contributed by atoms with Crippen molar-refractivity contribution in [1.82, 2.24) is 0 Å². The smallest absolute Gasteiger partial charge is 0.333 e. The van der Waals surface area contributed by atoms with Crippen LogP contribution in [0.4, 0.5) is 0 Å². The van der Waals surface area contributed by atoms with Gasteiger partial charge < -0.3 is 4.74 Å². The number of esters is 1. The molecule has 0 aliphatic heterocycles. The zero-order valence-electron chi connectivity index (χ0n) is 8.90. The lowest BCUT2D eigenvalue weighted by atomic mass is 9.88. The second kappa shape index (κ2) is 3.69. The predicted octanol–water partition coefficient (Wildman–Crippen LogP) is 2.04. The molecule has 2 aliphatic carbocycles. The molecule has 2 aliphatic rings. The summed E-state index contributed by atoms with van der Waals surface area (Å²) in [4.78, 5) is 11.3. The van der Waals surface area contributed by atoms with Crippen LogP contribution in [0.3, 0.4) is 0 Å². The summed E-state index contributed by atoms with van der Waals surface area (Å²) in [5.41, 5.74) is 0.453. The van der Waals surface area contributed by atoms with Crippen molar-refractivity contribution in [3.63, 3.8) is 0 Å². The number of rotatable bonds is 2. The first-order valence-electron chi connectivity index (χ1n) is 5.38. The van der Waals surface area contributed by atoms with Crippen molar-refractivity contribution in [2.24, 2.45) is 17.8 Å². The van der Waals surface area contributed by atoms with E-state index >= 15 is 0 Å². The quantitative estimate of drug-likeness (QED) is 0.512. The molecule has 0 radical (unpaired) electrons. The number of hydrogen-bond donors (Lipinski definition) is 0. The van der Waals surface area contributed by atoms with Gasteiger partial charge in [-0.1, -0.05) is 6.58 Å². The number of hydrogen-bond acceptors (Lipinski definition) is 3. The van der Waals surface area contributed by atoms with Crippen LogP contribution in [0.5, 0.6) is 0 Å². The van der Waals surface area contributed by atoms with Gasteiger partial charge in [0.25, 0.3) is 0 Å². The highest BCUT2D eigenvalue weighted by atomic mass is 16.5. The minimum absolute atomic E-state index is 0.0313. The van der Waals surface area contributed by atoms with E-state index in [2.05, 4.69) is 12.6 Å². The third-order valence-electron chi connectivity index (χ3n) is 3.56. The number of carbonyl (C=O) groups is 1. The maximum absolute atomic E-state index is 11.3. The Hall–Kier alpha value is -1.30. The first kappa shape index (κ1) is 10.2. The first-order chi connectivity index (χ1) is 7.11. The molecule has 0 amide bonds. The van der Waals surface area contributed by atoms with Gasteiger partial charge in [0.2, 0.25) is 0 Å². The first-order valence-corrected chi connectivity index (χ1v) is 5.38. The van der Waals surface area contributed by atoms with Gasteiger partial charge in [0.05, 0.1) is 6.07 Å². The van der Waals surface area contributed by atoms with Gasteiger partial charge in [0.15, 0.2) is 0 Å². The molecule has 4 unspecified atom stereocenters. The van der Waals surface area contributed by atoms with E-state index in [-0.39, 0.29) is 18.0 Å². The highest BCUT2D eigenvalue weighted by Crippen LogP contribution is 2.49. The fraction of sp³-hybridized carbons (Fsp3) is 0.667. The molecule has 2 rings (SSSR count). The molecule has 15 heavy (non-hydrogen) atoms. The second-order valence-electron chi connectivity index (χ2n) is 4.69. The van der Waals surface area contributed by atoms with E-state index in [0.717, 1.165) is 19.3 Å². The molecule has 2 fully saturated rings. The highest BCUT2D eigenvalue weighted by molar-refractivity contribution is 5.87. The van der Waals surface area contributed by atoms with Crippen molar-refractivity contribution in [2.45, 2.75) is 32.3 Å². The molecule has 80 valence electrons. The molecule has 0 heterocycles. The lowest BCUT2D eigenvalue weighted by molar-refractivity contribution is -0.146. The van der Waals surface area contributed by atoms with Crippen molar-refractivity contribution in [2.75, 3.05) is 0 Å². The van der Waals surface area contributed by atoms with E-state index in [1.807, 2.05) is 0 Å². The third-order valence-corrected chi connectivity index (χ3v) is 3.56. The maximum atomic E-state index is 11.3. The van der Waals surface area contributed by atoms with E-state index < -0.39 is 0 Å². The van der Waals surface area contributed by atoms with Gasteiger partial charge in [-0.05, 0) is 38.0 Å². The Bertz CT molecular complexity index is 342. The monoisotopic (exact) mass is 205 g/mol. The van der Waals surface area contributed by atoms with Crippen LogP contribution in [0.15, 0.2) is 12.2 Å². The molecule has 4 atom stereocenters. The van der Waals surface area contributed by atoms with Gasteiger partial charge in [0, 0.05) is 11.5 Å². The molecule has 0 saturated heterocycles. The average molecular weight is 205 g/mol. The molecule has 0 aromatic rings. The Kier molecular flexibility index (Phi) is 2.52. The van der Waals surface area contributed by atoms with E-state index in [9.17, 15) is 4.79 Å². The van der Waals surface area contributed by atoms with Crippen molar-refractivity contribution in [3.05, 3.63) is 12.2 Å². The van der Waals surface area contributed by atoms with Crippen molar-refractivity contribution >= 4 is 5.97 Å². The van der Waals surface area contributed by atoms with Gasteiger partial charge in [-0.3, -0.25) is 0 Å². The van der Waals surface area contributed by atoms with Crippen LogP contribution >= 0.6 is 0 Å². The van der Waals surface area contributed by atoms with Gasteiger partial charge in [-0.2, -0.15) is 5.26 Å². The number of ether oxygens (including phenoxy) is 1. The topological polar surface area (TPSA) is 50.1 Å². The van der Waals surface area contributed by atoms with Crippen LogP contribution in [0.1, 0.15) is 26.2 Å². The Labute approximate surface area is 89.7 Å². The van der Waals surface area contributed by atoms with Crippen molar-refractivity contribution in [3.8, 4) is 6.07 Å². The zero-order chi connectivity index (χ0) is 11.0. The largest absolute Gasteiger partial charge is 0.459 e. The molecule has 3 nitrogen and oxygen atoms in total. The number of fused-ring (bicyclic) bond motifs is 2.